The topological polar surface area (TPSA) is 128 Å². The molecule has 0 aromatic carbocycles. The number of hydrogen-bond donors (Lipinski definition) is 3. The molecule has 0 aliphatic heterocycles. The molecule has 1 atom stereocenters. The van der Waals surface area contributed by atoms with Crippen LogP contribution in [0.2, 0.25) is 0 Å². The van der Waals surface area contributed by atoms with Crippen LogP contribution in [0.5, 0.6) is 0 Å². The molecule has 0 saturated heterocycles. The summed E-state index contributed by atoms with van der Waals surface area (Å²) in [6.45, 7) is 1.87. The quantitative estimate of drug-likeness (QED) is 0.767. The fraction of sp³-hybridized carbons (Fsp3) is 0.571. The first kappa shape index (κ1) is 16.0. The highest BCUT2D eigenvalue weighted by atomic mass is 16.4. The first-order valence-electron chi connectivity index (χ1n) is 7.22. The van der Waals surface area contributed by atoms with E-state index in [1.807, 2.05) is 6.92 Å². The second-order valence-electron chi connectivity index (χ2n) is 5.43. The largest absolute Gasteiger partial charge is 0.465 e. The van der Waals surface area contributed by atoms with Crippen LogP contribution in [0.3, 0.4) is 0 Å². The lowest BCUT2D eigenvalue weighted by Gasteiger charge is -2.25. The maximum Gasteiger partial charge on any atom is 0.402 e. The van der Waals surface area contributed by atoms with E-state index in [9.17, 15) is 5.11 Å². The Morgan fingerprint density at radius 3 is 2.91 bits per heavy atom. The van der Waals surface area contributed by atoms with Crippen molar-refractivity contribution in [2.75, 3.05) is 0 Å². The molecule has 3 rings (SSSR count). The fourth-order valence-corrected chi connectivity index (χ4v) is 2.44. The van der Waals surface area contributed by atoms with Crippen molar-refractivity contribution in [3.8, 4) is 0 Å². The highest BCUT2D eigenvalue weighted by Gasteiger charge is 2.23. The van der Waals surface area contributed by atoms with E-state index in [-0.39, 0.29) is 0 Å². The number of amides is 1. The minimum absolute atomic E-state index is 0.543. The van der Waals surface area contributed by atoms with Crippen LogP contribution in [0.25, 0.3) is 11.2 Å². The van der Waals surface area contributed by atoms with Gasteiger partial charge in [-0.05, 0) is 24.2 Å². The van der Waals surface area contributed by atoms with Crippen LogP contribution in [-0.2, 0) is 0 Å². The Balaban J connectivity index is 0.000000396. The van der Waals surface area contributed by atoms with Crippen LogP contribution in [-0.4, -0.2) is 30.8 Å². The van der Waals surface area contributed by atoms with E-state index in [1.165, 1.54) is 19.3 Å². The van der Waals surface area contributed by atoms with Crippen LogP contribution in [0, 0.1) is 19.2 Å². The van der Waals surface area contributed by atoms with Crippen LogP contribution in [0.4, 0.5) is 4.79 Å². The van der Waals surface area contributed by atoms with Gasteiger partial charge >= 0.3 is 18.1 Å². The lowest BCUT2D eigenvalue weighted by atomic mass is 9.82. The van der Waals surface area contributed by atoms with Crippen LogP contribution in [0.15, 0.2) is 6.33 Å². The van der Waals surface area contributed by atoms with Gasteiger partial charge in [-0.3, -0.25) is 0 Å². The van der Waals surface area contributed by atoms with Gasteiger partial charge in [0.2, 0.25) is 0 Å². The minimum atomic E-state index is -1.33. The minimum Gasteiger partial charge on any atom is -0.465 e. The van der Waals surface area contributed by atoms with Crippen molar-refractivity contribution in [1.29, 1.82) is 0 Å². The summed E-state index contributed by atoms with van der Waals surface area (Å²) in [5.74, 6) is 0.803. The lowest BCUT2D eigenvalue weighted by molar-refractivity contribution is -0.269. The van der Waals surface area contributed by atoms with Gasteiger partial charge in [-0.25, -0.2) is 14.3 Å². The summed E-state index contributed by atoms with van der Waals surface area (Å²) in [5.41, 5.74) is 6.24. The van der Waals surface area contributed by atoms with Crippen LogP contribution < -0.4 is 10.7 Å². The van der Waals surface area contributed by atoms with Gasteiger partial charge in [0.1, 0.15) is 0 Å². The Bertz CT molecular complexity index is 634. The molecular weight excluding hydrogens is 286 g/mol. The highest BCUT2D eigenvalue weighted by molar-refractivity contribution is 5.69. The second-order valence-corrected chi connectivity index (χ2v) is 5.43. The summed E-state index contributed by atoms with van der Waals surface area (Å²) in [4.78, 5) is 21.1. The third-order valence-corrected chi connectivity index (χ3v) is 3.86. The van der Waals surface area contributed by atoms with E-state index < -0.39 is 12.3 Å². The molecule has 1 fully saturated rings. The molecule has 2 aromatic heterocycles. The van der Waals surface area contributed by atoms with Crippen molar-refractivity contribution in [3.63, 3.8) is 0 Å². The van der Waals surface area contributed by atoms with E-state index in [0.717, 1.165) is 30.0 Å². The molecule has 1 unspecified atom stereocenters. The number of aromatic nitrogens is 4. The van der Waals surface area contributed by atoms with Gasteiger partial charge in [0.15, 0.2) is 23.8 Å². The molecule has 0 radical (unpaired) electrons. The van der Waals surface area contributed by atoms with Crippen molar-refractivity contribution in [1.82, 2.24) is 14.5 Å². The van der Waals surface area contributed by atoms with Gasteiger partial charge in [0, 0.05) is 6.42 Å². The molecule has 1 aliphatic rings. The molecule has 2 aromatic rings. The van der Waals surface area contributed by atoms with Crippen molar-refractivity contribution in [2.24, 2.45) is 11.7 Å². The number of rotatable bonds is 4. The average molecular weight is 306 g/mol. The molecular formula is C14H20N5O3+. The highest BCUT2D eigenvalue weighted by Crippen LogP contribution is 2.32. The van der Waals surface area contributed by atoms with Crippen molar-refractivity contribution < 1.29 is 20.0 Å². The predicted molar refractivity (Wildman–Crippen MR) is 76.7 cm³/mol. The van der Waals surface area contributed by atoms with Crippen molar-refractivity contribution in [3.05, 3.63) is 18.3 Å². The zero-order chi connectivity index (χ0) is 16.1. The molecule has 0 bridgehead atoms. The zero-order valence-electron chi connectivity index (χ0n) is 12.4. The Morgan fingerprint density at radius 2 is 2.32 bits per heavy atom. The number of imidazole rings is 1. The maximum atomic E-state index is 10.2. The Kier molecular flexibility index (Phi) is 5.12. The number of aliphatic hydroxyl groups excluding tert-OH is 1. The number of aliphatic hydroxyl groups is 1. The Labute approximate surface area is 128 Å². The third-order valence-electron chi connectivity index (χ3n) is 3.86. The van der Waals surface area contributed by atoms with Gasteiger partial charge in [-0.15, -0.1) is 0 Å². The number of carbonyl (C=O) groups is 1. The van der Waals surface area contributed by atoms with E-state index in [2.05, 4.69) is 27.0 Å². The van der Waals surface area contributed by atoms with Gasteiger partial charge in [-0.2, -0.15) is 4.98 Å². The molecule has 8 nitrogen and oxygen atoms in total. The smallest absolute Gasteiger partial charge is 0.402 e. The van der Waals surface area contributed by atoms with E-state index in [0.29, 0.717) is 5.65 Å². The summed E-state index contributed by atoms with van der Waals surface area (Å²) in [6.07, 6.45) is 8.18. The van der Waals surface area contributed by atoms with Crippen molar-refractivity contribution in [2.45, 2.75) is 45.3 Å². The monoisotopic (exact) mass is 306 g/mol. The fourth-order valence-electron chi connectivity index (χ4n) is 2.44. The van der Waals surface area contributed by atoms with Gasteiger partial charge in [0.25, 0.3) is 0 Å². The zero-order valence-corrected chi connectivity index (χ0v) is 12.4. The molecule has 2 heterocycles. The molecule has 22 heavy (non-hydrogen) atoms. The van der Waals surface area contributed by atoms with E-state index >= 15 is 0 Å². The summed E-state index contributed by atoms with van der Waals surface area (Å²) >= 11 is 0. The van der Waals surface area contributed by atoms with Gasteiger partial charge in [-0.1, -0.05) is 19.3 Å². The average Bonchev–Trinajstić information content (AvgIpc) is 2.81. The molecule has 4 N–H and O–H groups in total. The number of fused-ring (bicyclic) bond motifs is 1. The first-order valence-corrected chi connectivity index (χ1v) is 7.22. The maximum absolute atomic E-state index is 10.2. The summed E-state index contributed by atoms with van der Waals surface area (Å²) < 4.78 is 1.72. The first-order chi connectivity index (χ1) is 10.5. The number of aryl methyl sites for hydroxylation is 1. The van der Waals surface area contributed by atoms with Crippen LogP contribution in [0.1, 0.15) is 44.0 Å². The standard InChI is InChI=1S/C13H17N4O.CH3NO2/c1-9-12-13(15-7-14-9)17(8-16-12)11(18)6-5-10-3-2-4-10;2-1(3)4/h8,10-11,18H,2-6H2,1H3;2H2,(H,3,4)/q+1;. The molecule has 1 saturated carbocycles. The normalized spacial score (nSPS) is 15.4. The SMILES string of the molecule is Cc1nc#[n+]c2c1ncn2C(O)CCC1CCC1.NC(=O)O. The number of nitrogens with zero attached hydrogens (tertiary/aromatic N) is 4. The second kappa shape index (κ2) is 7.04. The summed E-state index contributed by atoms with van der Waals surface area (Å²) in [5, 5.41) is 17.4. The van der Waals surface area contributed by atoms with Gasteiger partial charge < -0.3 is 15.9 Å². The predicted octanol–water partition coefficient (Wildman–Crippen LogP) is 0.834. The third kappa shape index (κ3) is 3.83. The lowest BCUT2D eigenvalue weighted by Crippen LogP contribution is -2.16. The molecule has 8 heteroatoms. The Hall–Kier alpha value is -2.40. The van der Waals surface area contributed by atoms with Gasteiger partial charge in [0.05, 0.1) is 0 Å². The molecule has 1 amide bonds. The van der Waals surface area contributed by atoms with Crippen LogP contribution >= 0.6 is 0 Å². The number of hydrogen-bond acceptors (Lipinski definition) is 4. The summed E-state index contributed by atoms with van der Waals surface area (Å²) in [7, 11) is 0. The number of carboxylic acid groups (broad SMARTS) is 1. The molecule has 0 spiro atoms. The molecule has 1 aliphatic carbocycles. The molecule has 118 valence electrons. The van der Waals surface area contributed by atoms with Crippen molar-refractivity contribution >= 4 is 17.3 Å². The Morgan fingerprint density at radius 1 is 1.64 bits per heavy atom. The number of nitrogens with two attached hydrogens (primary N) is 1. The number of primary amides is 1. The van der Waals surface area contributed by atoms with E-state index in [1.54, 1.807) is 10.9 Å². The van der Waals surface area contributed by atoms with E-state index in [4.69, 9.17) is 9.90 Å². The summed E-state index contributed by atoms with van der Waals surface area (Å²) in [6, 6.07) is 0.